The Bertz CT molecular complexity index is 527. The molecule has 90 valence electrons. The summed E-state index contributed by atoms with van der Waals surface area (Å²) < 4.78 is 1.86. The van der Waals surface area contributed by atoms with Crippen molar-refractivity contribution in [3.8, 4) is 0 Å². The molecule has 1 atom stereocenters. The molecule has 0 bridgehead atoms. The minimum atomic E-state index is 0.141. The van der Waals surface area contributed by atoms with E-state index in [1.807, 2.05) is 31.3 Å². The molecule has 0 aliphatic rings. The lowest BCUT2D eigenvalue weighted by atomic mass is 10.1. The summed E-state index contributed by atoms with van der Waals surface area (Å²) in [5.41, 5.74) is 1.15. The average molecular weight is 398 g/mol. The molecular formula is C12H10Cl2INS. The normalized spacial score (nSPS) is 12.7. The van der Waals surface area contributed by atoms with Crippen LogP contribution in [0.3, 0.4) is 0 Å². The first kappa shape index (κ1) is 13.6. The fraction of sp³-hybridized carbons (Fsp3) is 0.167. The Morgan fingerprint density at radius 2 is 2.00 bits per heavy atom. The summed E-state index contributed by atoms with van der Waals surface area (Å²) in [7, 11) is 1.93. The van der Waals surface area contributed by atoms with Gasteiger partial charge in [0.2, 0.25) is 0 Å². The van der Waals surface area contributed by atoms with E-state index in [0.717, 1.165) is 18.5 Å². The zero-order valence-electron chi connectivity index (χ0n) is 9.01. The Morgan fingerprint density at radius 3 is 2.53 bits per heavy atom. The molecule has 0 fully saturated rings. The highest BCUT2D eigenvalue weighted by Crippen LogP contribution is 2.32. The first-order valence-corrected chi connectivity index (χ1v) is 7.64. The van der Waals surface area contributed by atoms with Crippen LogP contribution in [0.2, 0.25) is 9.36 Å². The van der Waals surface area contributed by atoms with Crippen LogP contribution in [0.5, 0.6) is 0 Å². The van der Waals surface area contributed by atoms with Gasteiger partial charge in [-0.1, -0.05) is 29.3 Å². The number of halogens is 3. The molecule has 0 aliphatic carbocycles. The number of hydrogen-bond acceptors (Lipinski definition) is 2. The standard InChI is InChI=1S/C12H10Cl2INS/c1-16-12(10-4-5-11(14)17-10)7-2-3-9(15)8(13)6-7/h2-6,12,16H,1H3. The van der Waals surface area contributed by atoms with Crippen molar-refractivity contribution in [2.24, 2.45) is 0 Å². The third kappa shape index (κ3) is 3.15. The van der Waals surface area contributed by atoms with Crippen molar-refractivity contribution in [2.75, 3.05) is 7.05 Å². The minimum Gasteiger partial charge on any atom is -0.309 e. The second-order valence-electron chi connectivity index (χ2n) is 3.54. The molecule has 0 aliphatic heterocycles. The maximum absolute atomic E-state index is 6.15. The van der Waals surface area contributed by atoms with Gasteiger partial charge in [-0.25, -0.2) is 0 Å². The topological polar surface area (TPSA) is 12.0 Å². The van der Waals surface area contributed by atoms with Gasteiger partial charge < -0.3 is 5.32 Å². The van der Waals surface area contributed by atoms with Crippen molar-refractivity contribution in [3.63, 3.8) is 0 Å². The lowest BCUT2D eigenvalue weighted by Gasteiger charge is -2.15. The first-order chi connectivity index (χ1) is 8.11. The highest BCUT2D eigenvalue weighted by molar-refractivity contribution is 14.1. The van der Waals surface area contributed by atoms with Gasteiger partial charge in [-0.05, 0) is 59.5 Å². The van der Waals surface area contributed by atoms with Gasteiger partial charge in [-0.15, -0.1) is 11.3 Å². The summed E-state index contributed by atoms with van der Waals surface area (Å²) in [5.74, 6) is 0. The van der Waals surface area contributed by atoms with Crippen LogP contribution in [0.1, 0.15) is 16.5 Å². The van der Waals surface area contributed by atoms with E-state index in [2.05, 4.69) is 34.0 Å². The minimum absolute atomic E-state index is 0.141. The van der Waals surface area contributed by atoms with E-state index in [1.165, 1.54) is 4.88 Å². The average Bonchev–Trinajstić information content (AvgIpc) is 2.71. The summed E-state index contributed by atoms with van der Waals surface area (Å²) in [6.45, 7) is 0. The fourth-order valence-corrected chi connectivity index (χ4v) is 3.37. The molecule has 1 aromatic carbocycles. The van der Waals surface area contributed by atoms with Gasteiger partial charge in [0.05, 0.1) is 15.4 Å². The third-order valence-electron chi connectivity index (χ3n) is 2.44. The van der Waals surface area contributed by atoms with Crippen LogP contribution < -0.4 is 5.32 Å². The number of nitrogens with one attached hydrogen (secondary N) is 1. The van der Waals surface area contributed by atoms with Gasteiger partial charge in [0.1, 0.15) is 0 Å². The summed E-state index contributed by atoms with van der Waals surface area (Å²) >= 11 is 15.9. The highest BCUT2D eigenvalue weighted by atomic mass is 127. The summed E-state index contributed by atoms with van der Waals surface area (Å²) in [4.78, 5) is 1.19. The second kappa shape index (κ2) is 5.89. The van der Waals surface area contributed by atoms with Crippen LogP contribution in [0.15, 0.2) is 30.3 Å². The van der Waals surface area contributed by atoms with Gasteiger partial charge >= 0.3 is 0 Å². The van der Waals surface area contributed by atoms with Gasteiger partial charge in [-0.3, -0.25) is 0 Å². The Balaban J connectivity index is 2.38. The van der Waals surface area contributed by atoms with Crippen molar-refractivity contribution < 1.29 is 0 Å². The van der Waals surface area contributed by atoms with Gasteiger partial charge in [0, 0.05) is 8.45 Å². The molecule has 1 N–H and O–H groups in total. The zero-order valence-corrected chi connectivity index (χ0v) is 13.5. The van der Waals surface area contributed by atoms with Gasteiger partial charge in [0.25, 0.3) is 0 Å². The molecule has 0 radical (unpaired) electrons. The molecule has 1 aromatic heterocycles. The molecule has 0 spiro atoms. The summed E-state index contributed by atoms with van der Waals surface area (Å²) in [6.07, 6.45) is 0. The van der Waals surface area contributed by atoms with E-state index in [4.69, 9.17) is 23.2 Å². The quantitative estimate of drug-likeness (QED) is 0.721. The van der Waals surface area contributed by atoms with E-state index in [-0.39, 0.29) is 6.04 Å². The third-order valence-corrected chi connectivity index (χ3v) is 5.31. The van der Waals surface area contributed by atoms with E-state index < -0.39 is 0 Å². The van der Waals surface area contributed by atoms with Crippen molar-refractivity contribution in [1.82, 2.24) is 5.32 Å². The van der Waals surface area contributed by atoms with E-state index >= 15 is 0 Å². The smallest absolute Gasteiger partial charge is 0.0931 e. The Morgan fingerprint density at radius 1 is 1.24 bits per heavy atom. The van der Waals surface area contributed by atoms with Crippen LogP contribution in [0.4, 0.5) is 0 Å². The van der Waals surface area contributed by atoms with Crippen LogP contribution in [-0.2, 0) is 0 Å². The van der Waals surface area contributed by atoms with Crippen molar-refractivity contribution in [3.05, 3.63) is 53.7 Å². The molecule has 17 heavy (non-hydrogen) atoms. The molecule has 1 unspecified atom stereocenters. The summed E-state index contributed by atoms with van der Waals surface area (Å²) in [6, 6.07) is 10.2. The number of benzene rings is 1. The number of hydrogen-bond donors (Lipinski definition) is 1. The molecule has 1 nitrogen and oxygen atoms in total. The van der Waals surface area contributed by atoms with Gasteiger partial charge in [0.15, 0.2) is 0 Å². The zero-order chi connectivity index (χ0) is 12.4. The molecule has 0 saturated carbocycles. The number of rotatable bonds is 3. The van der Waals surface area contributed by atoms with Crippen molar-refractivity contribution in [2.45, 2.75) is 6.04 Å². The SMILES string of the molecule is CNC(c1ccc(I)c(Cl)c1)c1ccc(Cl)s1. The molecule has 2 aromatic rings. The predicted molar refractivity (Wildman–Crippen MR) is 84.4 cm³/mol. The molecule has 0 amide bonds. The Hall–Kier alpha value is 0.190. The first-order valence-electron chi connectivity index (χ1n) is 4.99. The lowest BCUT2D eigenvalue weighted by molar-refractivity contribution is 0.704. The van der Waals surface area contributed by atoms with Crippen molar-refractivity contribution >= 4 is 57.1 Å². The molecule has 5 heteroatoms. The molecular weight excluding hydrogens is 388 g/mol. The Kier molecular flexibility index (Phi) is 4.72. The predicted octanol–water partition coefficient (Wildman–Crippen LogP) is 4.97. The fourth-order valence-electron chi connectivity index (χ4n) is 1.65. The second-order valence-corrected chi connectivity index (χ2v) is 6.85. The lowest BCUT2D eigenvalue weighted by Crippen LogP contribution is -2.16. The number of thiophene rings is 1. The highest BCUT2D eigenvalue weighted by Gasteiger charge is 2.15. The largest absolute Gasteiger partial charge is 0.309 e. The van der Waals surface area contributed by atoms with E-state index in [0.29, 0.717) is 0 Å². The maximum Gasteiger partial charge on any atom is 0.0931 e. The molecule has 0 saturated heterocycles. The molecule has 1 heterocycles. The summed E-state index contributed by atoms with van der Waals surface area (Å²) in [5, 5.41) is 4.07. The van der Waals surface area contributed by atoms with Crippen molar-refractivity contribution in [1.29, 1.82) is 0 Å². The van der Waals surface area contributed by atoms with Crippen LogP contribution >= 0.6 is 57.1 Å². The Labute approximate surface area is 128 Å². The van der Waals surface area contributed by atoms with Crippen LogP contribution in [0, 0.1) is 3.57 Å². The van der Waals surface area contributed by atoms with Crippen LogP contribution in [0.25, 0.3) is 0 Å². The maximum atomic E-state index is 6.15. The van der Waals surface area contributed by atoms with E-state index in [1.54, 1.807) is 11.3 Å². The monoisotopic (exact) mass is 397 g/mol. The van der Waals surface area contributed by atoms with E-state index in [9.17, 15) is 0 Å². The van der Waals surface area contributed by atoms with Crippen LogP contribution in [-0.4, -0.2) is 7.05 Å². The molecule has 2 rings (SSSR count). The van der Waals surface area contributed by atoms with Gasteiger partial charge in [-0.2, -0.15) is 0 Å².